The molecule has 2 N–H and O–H groups in total. The molecular formula is C30H34N8O3. The highest BCUT2D eigenvalue weighted by molar-refractivity contribution is 5.78. The molecule has 3 saturated heterocycles. The van der Waals surface area contributed by atoms with Crippen LogP contribution in [-0.4, -0.2) is 104 Å². The van der Waals surface area contributed by atoms with Gasteiger partial charge in [-0.1, -0.05) is 0 Å². The van der Waals surface area contributed by atoms with Crippen LogP contribution in [0.1, 0.15) is 5.56 Å². The standard InChI is InChI=1S/C30H34N8O3/c31-18-23-17-22(1-6-27(23)41-16-15-36-10-9-32-29(39)19-36)30-33-8-7-28(35-30)34-24-2-4-25(5-3-24)37-11-13-38(14-12-37)26-20-40-21-26/h1-8,17,26H,9-16,19-21H2,(H,32,39)(H,33,34,35). The topological polar surface area (TPSA) is 119 Å². The van der Waals surface area contributed by atoms with E-state index in [1.165, 1.54) is 5.69 Å². The third-order valence-electron chi connectivity index (χ3n) is 7.75. The molecule has 0 unspecified atom stereocenters. The van der Waals surface area contributed by atoms with E-state index >= 15 is 0 Å². The van der Waals surface area contributed by atoms with Gasteiger partial charge in [-0.25, -0.2) is 9.97 Å². The minimum Gasteiger partial charge on any atom is -0.491 e. The Bertz CT molecular complexity index is 1400. The van der Waals surface area contributed by atoms with Gasteiger partial charge in [-0.15, -0.1) is 0 Å². The molecule has 11 nitrogen and oxygen atoms in total. The normalized spacial score (nSPS) is 18.3. The van der Waals surface area contributed by atoms with Crippen LogP contribution < -0.4 is 20.3 Å². The average molecular weight is 555 g/mol. The third-order valence-corrected chi connectivity index (χ3v) is 7.75. The zero-order chi connectivity index (χ0) is 28.0. The lowest BCUT2D eigenvalue weighted by atomic mass is 10.1. The number of anilines is 3. The van der Waals surface area contributed by atoms with E-state index < -0.39 is 0 Å². The highest BCUT2D eigenvalue weighted by atomic mass is 16.5. The first-order valence-corrected chi connectivity index (χ1v) is 14.1. The summed E-state index contributed by atoms with van der Waals surface area (Å²) in [4.78, 5) is 27.7. The van der Waals surface area contributed by atoms with Crippen LogP contribution in [0.4, 0.5) is 17.2 Å². The second kappa shape index (κ2) is 12.5. The Labute approximate surface area is 239 Å². The lowest BCUT2D eigenvalue weighted by molar-refractivity contribution is -0.124. The van der Waals surface area contributed by atoms with Crippen LogP contribution in [0.2, 0.25) is 0 Å². The molecule has 6 rings (SSSR count). The SMILES string of the molecule is N#Cc1cc(-c2nccc(Nc3ccc(N4CCN(C5COC5)CC4)cc3)n2)ccc1OCCN1CCNC(=O)C1. The smallest absolute Gasteiger partial charge is 0.234 e. The van der Waals surface area contributed by atoms with Crippen LogP contribution >= 0.6 is 0 Å². The van der Waals surface area contributed by atoms with Crippen LogP contribution in [0.25, 0.3) is 11.4 Å². The lowest BCUT2D eigenvalue weighted by Gasteiger charge is -2.43. The first kappa shape index (κ1) is 27.0. The number of nitriles is 1. The van der Waals surface area contributed by atoms with E-state index in [1.54, 1.807) is 18.3 Å². The summed E-state index contributed by atoms with van der Waals surface area (Å²) in [6.45, 7) is 8.71. The molecule has 0 spiro atoms. The summed E-state index contributed by atoms with van der Waals surface area (Å²) >= 11 is 0. The van der Waals surface area contributed by atoms with Crippen LogP contribution in [-0.2, 0) is 9.53 Å². The number of nitrogens with one attached hydrogen (secondary N) is 2. The number of carbonyl (C=O) groups is 1. The van der Waals surface area contributed by atoms with Crippen molar-refractivity contribution in [3.63, 3.8) is 0 Å². The summed E-state index contributed by atoms with van der Waals surface area (Å²) < 4.78 is 11.2. The molecule has 3 aliphatic rings. The first-order valence-electron chi connectivity index (χ1n) is 14.1. The van der Waals surface area contributed by atoms with Gasteiger partial charge in [0.15, 0.2) is 5.82 Å². The molecule has 3 aliphatic heterocycles. The Kier molecular flexibility index (Phi) is 8.23. The van der Waals surface area contributed by atoms with Gasteiger partial charge in [0.1, 0.15) is 24.2 Å². The maximum absolute atomic E-state index is 11.6. The van der Waals surface area contributed by atoms with Crippen LogP contribution in [0, 0.1) is 11.3 Å². The first-order chi connectivity index (χ1) is 20.1. The summed E-state index contributed by atoms with van der Waals surface area (Å²) in [5.74, 6) is 1.72. The van der Waals surface area contributed by atoms with Gasteiger partial charge in [0.2, 0.25) is 5.91 Å². The second-order valence-corrected chi connectivity index (χ2v) is 10.4. The van der Waals surface area contributed by atoms with Crippen LogP contribution in [0.3, 0.4) is 0 Å². The predicted molar refractivity (Wildman–Crippen MR) is 155 cm³/mol. The zero-order valence-corrected chi connectivity index (χ0v) is 23.0. The monoisotopic (exact) mass is 554 g/mol. The quantitative estimate of drug-likeness (QED) is 0.407. The Morgan fingerprint density at radius 1 is 1.07 bits per heavy atom. The van der Waals surface area contributed by atoms with E-state index in [4.69, 9.17) is 9.47 Å². The molecule has 4 heterocycles. The number of hydrogen-bond donors (Lipinski definition) is 2. The van der Waals surface area contributed by atoms with E-state index in [9.17, 15) is 10.1 Å². The molecule has 3 aromatic rings. The van der Waals surface area contributed by atoms with Crippen molar-refractivity contribution in [2.45, 2.75) is 6.04 Å². The molecule has 212 valence electrons. The van der Waals surface area contributed by atoms with Crippen molar-refractivity contribution >= 4 is 23.1 Å². The molecule has 0 saturated carbocycles. The summed E-state index contributed by atoms with van der Waals surface area (Å²) in [7, 11) is 0. The van der Waals surface area contributed by atoms with Crippen molar-refractivity contribution in [1.29, 1.82) is 5.26 Å². The fourth-order valence-electron chi connectivity index (χ4n) is 5.30. The van der Waals surface area contributed by atoms with Crippen molar-refractivity contribution in [1.82, 2.24) is 25.1 Å². The van der Waals surface area contributed by atoms with Gasteiger partial charge in [-0.3, -0.25) is 14.6 Å². The maximum atomic E-state index is 11.6. The number of carbonyl (C=O) groups excluding carboxylic acids is 1. The van der Waals surface area contributed by atoms with Gasteiger partial charge in [-0.05, 0) is 48.5 Å². The van der Waals surface area contributed by atoms with Crippen LogP contribution in [0.15, 0.2) is 54.7 Å². The molecule has 1 amide bonds. The van der Waals surface area contributed by atoms with E-state index in [0.717, 1.165) is 57.2 Å². The number of amides is 1. The minimum atomic E-state index is 0.0246. The van der Waals surface area contributed by atoms with Crippen LogP contribution in [0.5, 0.6) is 5.75 Å². The summed E-state index contributed by atoms with van der Waals surface area (Å²) in [5.41, 5.74) is 3.30. The average Bonchev–Trinajstić information content (AvgIpc) is 2.97. The van der Waals surface area contributed by atoms with Gasteiger partial charge in [0.05, 0.1) is 31.4 Å². The summed E-state index contributed by atoms with van der Waals surface area (Å²) in [5, 5.41) is 15.9. The molecule has 41 heavy (non-hydrogen) atoms. The van der Waals surface area contributed by atoms with Gasteiger partial charge in [0, 0.05) is 68.9 Å². The van der Waals surface area contributed by atoms with Gasteiger partial charge < -0.3 is 25.0 Å². The summed E-state index contributed by atoms with van der Waals surface area (Å²) in [6, 6.07) is 18.4. The number of hydrogen-bond acceptors (Lipinski definition) is 10. The fourth-order valence-corrected chi connectivity index (χ4v) is 5.30. The summed E-state index contributed by atoms with van der Waals surface area (Å²) in [6.07, 6.45) is 1.71. The molecule has 3 fully saturated rings. The fraction of sp³-hybridized carbons (Fsp3) is 0.400. The number of benzene rings is 2. The number of rotatable bonds is 9. The Morgan fingerprint density at radius 2 is 1.90 bits per heavy atom. The van der Waals surface area contributed by atoms with Crippen molar-refractivity contribution in [2.24, 2.45) is 0 Å². The Balaban J connectivity index is 1.05. The number of ether oxygens (including phenoxy) is 2. The molecule has 11 heteroatoms. The molecule has 1 aromatic heterocycles. The van der Waals surface area contributed by atoms with Gasteiger partial charge >= 0.3 is 0 Å². The predicted octanol–water partition coefficient (Wildman–Crippen LogP) is 2.09. The molecule has 0 atom stereocenters. The van der Waals surface area contributed by atoms with Gasteiger partial charge in [0.25, 0.3) is 0 Å². The van der Waals surface area contributed by atoms with Crippen molar-refractivity contribution < 1.29 is 14.3 Å². The Morgan fingerprint density at radius 3 is 2.63 bits per heavy atom. The number of piperazine rings is 2. The second-order valence-electron chi connectivity index (χ2n) is 10.4. The van der Waals surface area contributed by atoms with Crippen molar-refractivity contribution in [3.05, 3.63) is 60.3 Å². The van der Waals surface area contributed by atoms with Crippen molar-refractivity contribution in [3.8, 4) is 23.2 Å². The number of aromatic nitrogens is 2. The third kappa shape index (κ3) is 6.57. The molecule has 0 bridgehead atoms. The van der Waals surface area contributed by atoms with E-state index in [2.05, 4.69) is 60.7 Å². The Hall–Kier alpha value is -4.24. The van der Waals surface area contributed by atoms with E-state index in [0.29, 0.717) is 55.2 Å². The molecule has 0 aliphatic carbocycles. The lowest BCUT2D eigenvalue weighted by Crippen LogP contribution is -2.56. The van der Waals surface area contributed by atoms with Gasteiger partial charge in [-0.2, -0.15) is 5.26 Å². The molecule has 2 aromatic carbocycles. The largest absolute Gasteiger partial charge is 0.491 e. The minimum absolute atomic E-state index is 0.0246. The van der Waals surface area contributed by atoms with E-state index in [1.807, 2.05) is 17.0 Å². The molecule has 0 radical (unpaired) electrons. The van der Waals surface area contributed by atoms with E-state index in [-0.39, 0.29) is 5.91 Å². The molecular weight excluding hydrogens is 520 g/mol. The maximum Gasteiger partial charge on any atom is 0.234 e. The van der Waals surface area contributed by atoms with Crippen molar-refractivity contribution in [2.75, 3.05) is 82.4 Å². The highest BCUT2D eigenvalue weighted by Gasteiger charge is 2.28. The zero-order valence-electron chi connectivity index (χ0n) is 23.0. The highest BCUT2D eigenvalue weighted by Crippen LogP contribution is 2.27. The number of nitrogens with zero attached hydrogens (tertiary/aromatic N) is 6.